The van der Waals surface area contributed by atoms with Crippen molar-refractivity contribution in [2.24, 2.45) is 0 Å². The van der Waals surface area contributed by atoms with Gasteiger partial charge in [0.05, 0.1) is 13.2 Å². The molecule has 1 aliphatic rings. The van der Waals surface area contributed by atoms with E-state index in [9.17, 15) is 13.6 Å². The molecule has 0 atom stereocenters. The number of hydrogen-bond acceptors (Lipinski definition) is 4. The first kappa shape index (κ1) is 21.2. The summed E-state index contributed by atoms with van der Waals surface area (Å²) >= 11 is 0. The van der Waals surface area contributed by atoms with E-state index in [0.29, 0.717) is 32.8 Å². The highest BCUT2D eigenvalue weighted by Crippen LogP contribution is 2.26. The molecule has 1 heterocycles. The second-order valence-electron chi connectivity index (χ2n) is 6.88. The first-order chi connectivity index (χ1) is 14.1. The third-order valence-corrected chi connectivity index (χ3v) is 4.94. The van der Waals surface area contributed by atoms with Crippen molar-refractivity contribution in [2.45, 2.75) is 13.0 Å². The number of carbonyl (C=O) groups excluding carboxylic acids is 1. The fourth-order valence-corrected chi connectivity index (χ4v) is 3.33. The number of amides is 1. The van der Waals surface area contributed by atoms with Crippen LogP contribution in [0.15, 0.2) is 48.5 Å². The maximum absolute atomic E-state index is 13.3. The van der Waals surface area contributed by atoms with Crippen LogP contribution in [-0.2, 0) is 9.47 Å². The fraction of sp³-hybridized carbons (Fsp3) is 0.409. The molecular formula is C22H26F2N2O3. The number of ether oxygens (including phenoxy) is 2. The van der Waals surface area contributed by atoms with Crippen LogP contribution in [0.1, 0.15) is 24.2 Å². The van der Waals surface area contributed by atoms with Gasteiger partial charge in [-0.3, -0.25) is 4.90 Å². The Morgan fingerprint density at radius 1 is 0.931 bits per heavy atom. The lowest BCUT2D eigenvalue weighted by atomic mass is 10.0. The van der Waals surface area contributed by atoms with Crippen LogP contribution in [0.4, 0.5) is 13.6 Å². The third-order valence-electron chi connectivity index (χ3n) is 4.94. The van der Waals surface area contributed by atoms with Crippen molar-refractivity contribution in [3.8, 4) is 0 Å². The number of halogens is 2. The van der Waals surface area contributed by atoms with Crippen LogP contribution in [0.5, 0.6) is 0 Å². The molecule has 0 aromatic heterocycles. The quantitative estimate of drug-likeness (QED) is 0.703. The largest absolute Gasteiger partial charge is 0.450 e. The molecular weight excluding hydrogens is 378 g/mol. The van der Waals surface area contributed by atoms with Gasteiger partial charge in [0.2, 0.25) is 0 Å². The molecule has 0 unspecified atom stereocenters. The Labute approximate surface area is 169 Å². The second-order valence-corrected chi connectivity index (χ2v) is 6.88. The van der Waals surface area contributed by atoms with Gasteiger partial charge in [0, 0.05) is 32.7 Å². The maximum Gasteiger partial charge on any atom is 0.409 e. The highest BCUT2D eigenvalue weighted by molar-refractivity contribution is 5.67. The lowest BCUT2D eigenvalue weighted by Gasteiger charge is -2.34. The Balaban J connectivity index is 1.56. The number of piperazine rings is 1. The van der Waals surface area contributed by atoms with Gasteiger partial charge in [-0.25, -0.2) is 13.6 Å². The Hall–Kier alpha value is -2.51. The van der Waals surface area contributed by atoms with Crippen LogP contribution in [-0.4, -0.2) is 61.8 Å². The Morgan fingerprint density at radius 3 is 1.93 bits per heavy atom. The first-order valence-corrected chi connectivity index (χ1v) is 9.83. The Kier molecular flexibility index (Phi) is 7.55. The minimum absolute atomic E-state index is 0.268. The predicted molar refractivity (Wildman–Crippen MR) is 106 cm³/mol. The molecule has 2 aromatic carbocycles. The Bertz CT molecular complexity index is 730. The number of benzene rings is 2. The monoisotopic (exact) mass is 404 g/mol. The number of hydrogen-bond donors (Lipinski definition) is 0. The molecule has 1 saturated heterocycles. The molecule has 1 aliphatic heterocycles. The van der Waals surface area contributed by atoms with E-state index in [2.05, 4.69) is 4.90 Å². The van der Waals surface area contributed by atoms with Crippen LogP contribution >= 0.6 is 0 Å². The predicted octanol–water partition coefficient (Wildman–Crippen LogP) is 3.84. The van der Waals surface area contributed by atoms with Crippen LogP contribution in [0.2, 0.25) is 0 Å². The zero-order chi connectivity index (χ0) is 20.6. The molecule has 5 nitrogen and oxygen atoms in total. The maximum atomic E-state index is 13.3. The van der Waals surface area contributed by atoms with E-state index >= 15 is 0 Å². The normalized spacial score (nSPS) is 15.0. The van der Waals surface area contributed by atoms with Crippen molar-refractivity contribution in [3.05, 3.63) is 71.3 Å². The van der Waals surface area contributed by atoms with E-state index in [0.717, 1.165) is 24.2 Å². The van der Waals surface area contributed by atoms with Gasteiger partial charge in [-0.15, -0.1) is 0 Å². The van der Waals surface area contributed by atoms with E-state index in [1.807, 2.05) is 0 Å². The SMILES string of the molecule is CCOC(=O)N1CCN(CCOC(c2ccc(F)cc2)c2ccc(F)cc2)CC1. The number of rotatable bonds is 7. The van der Waals surface area contributed by atoms with Crippen LogP contribution < -0.4 is 0 Å². The molecule has 0 bridgehead atoms. The lowest BCUT2D eigenvalue weighted by molar-refractivity contribution is 0.0412. The summed E-state index contributed by atoms with van der Waals surface area (Å²) in [6.07, 6.45) is -0.673. The zero-order valence-electron chi connectivity index (χ0n) is 16.5. The number of nitrogens with zero attached hydrogens (tertiary/aromatic N) is 2. The van der Waals surface area contributed by atoms with Crippen molar-refractivity contribution in [3.63, 3.8) is 0 Å². The summed E-state index contributed by atoms with van der Waals surface area (Å²) < 4.78 is 37.8. The van der Waals surface area contributed by atoms with Gasteiger partial charge in [-0.2, -0.15) is 0 Å². The summed E-state index contributed by atoms with van der Waals surface area (Å²) in [5.41, 5.74) is 1.62. The van der Waals surface area contributed by atoms with E-state index in [1.165, 1.54) is 24.3 Å². The average molecular weight is 404 g/mol. The van der Waals surface area contributed by atoms with Gasteiger partial charge in [0.15, 0.2) is 0 Å². The van der Waals surface area contributed by atoms with E-state index in [4.69, 9.17) is 9.47 Å². The molecule has 2 aromatic rings. The highest BCUT2D eigenvalue weighted by Gasteiger charge is 2.22. The van der Waals surface area contributed by atoms with E-state index in [-0.39, 0.29) is 17.7 Å². The molecule has 0 spiro atoms. The molecule has 7 heteroatoms. The molecule has 1 fully saturated rings. The molecule has 1 amide bonds. The molecule has 3 rings (SSSR count). The lowest BCUT2D eigenvalue weighted by Crippen LogP contribution is -2.49. The van der Waals surface area contributed by atoms with E-state index < -0.39 is 6.10 Å². The second kappa shape index (κ2) is 10.3. The van der Waals surface area contributed by atoms with Crippen molar-refractivity contribution >= 4 is 6.09 Å². The standard InChI is InChI=1S/C22H26F2N2O3/c1-2-28-22(27)26-13-11-25(12-14-26)15-16-29-21(17-3-7-19(23)8-4-17)18-5-9-20(24)10-6-18/h3-10,21H,2,11-16H2,1H3. The van der Waals surface area contributed by atoms with Crippen molar-refractivity contribution < 1.29 is 23.0 Å². The third kappa shape index (κ3) is 5.98. The fourth-order valence-electron chi connectivity index (χ4n) is 3.33. The minimum atomic E-state index is -0.406. The molecule has 0 N–H and O–H groups in total. The average Bonchev–Trinajstić information content (AvgIpc) is 2.74. The van der Waals surface area contributed by atoms with Crippen molar-refractivity contribution in [1.82, 2.24) is 9.80 Å². The van der Waals surface area contributed by atoms with Crippen LogP contribution in [0, 0.1) is 11.6 Å². The van der Waals surface area contributed by atoms with Gasteiger partial charge < -0.3 is 14.4 Å². The smallest absolute Gasteiger partial charge is 0.409 e. The zero-order valence-corrected chi connectivity index (χ0v) is 16.5. The minimum Gasteiger partial charge on any atom is -0.450 e. The van der Waals surface area contributed by atoms with Gasteiger partial charge >= 0.3 is 6.09 Å². The summed E-state index contributed by atoms with van der Waals surface area (Å²) in [5, 5.41) is 0. The summed E-state index contributed by atoms with van der Waals surface area (Å²) in [6, 6.07) is 12.3. The topological polar surface area (TPSA) is 42.0 Å². The van der Waals surface area contributed by atoms with Gasteiger partial charge in [-0.05, 0) is 42.3 Å². The highest BCUT2D eigenvalue weighted by atomic mass is 19.1. The van der Waals surface area contributed by atoms with Gasteiger partial charge in [-0.1, -0.05) is 24.3 Å². The molecule has 0 aliphatic carbocycles. The Morgan fingerprint density at radius 2 is 1.45 bits per heavy atom. The summed E-state index contributed by atoms with van der Waals surface area (Å²) in [7, 11) is 0. The first-order valence-electron chi connectivity index (χ1n) is 9.83. The molecule has 0 saturated carbocycles. The van der Waals surface area contributed by atoms with Crippen molar-refractivity contribution in [1.29, 1.82) is 0 Å². The van der Waals surface area contributed by atoms with Crippen LogP contribution in [0.25, 0.3) is 0 Å². The van der Waals surface area contributed by atoms with Crippen molar-refractivity contribution in [2.75, 3.05) is 45.9 Å². The summed E-state index contributed by atoms with van der Waals surface area (Å²) in [5.74, 6) is -0.628. The molecule has 156 valence electrons. The van der Waals surface area contributed by atoms with Gasteiger partial charge in [0.25, 0.3) is 0 Å². The number of carbonyl (C=O) groups is 1. The molecule has 29 heavy (non-hydrogen) atoms. The summed E-state index contributed by atoms with van der Waals surface area (Å²) in [4.78, 5) is 15.7. The van der Waals surface area contributed by atoms with Gasteiger partial charge in [0.1, 0.15) is 17.7 Å². The van der Waals surface area contributed by atoms with E-state index in [1.54, 1.807) is 36.1 Å². The van der Waals surface area contributed by atoms with Crippen LogP contribution in [0.3, 0.4) is 0 Å². The summed E-state index contributed by atoms with van der Waals surface area (Å²) in [6.45, 7) is 6.08. The molecule has 0 radical (unpaired) electrons.